The second-order valence-corrected chi connectivity index (χ2v) is 12.9. The summed E-state index contributed by atoms with van der Waals surface area (Å²) in [6.45, 7) is 10.5. The molecule has 1 atom stereocenters. The molecule has 1 heterocycles. The van der Waals surface area contributed by atoms with Gasteiger partial charge in [-0.1, -0.05) is 88.7 Å². The van der Waals surface area contributed by atoms with Crippen molar-refractivity contribution in [3.05, 3.63) is 106 Å². The molecular weight excluding hydrogens is 544 g/mol. The Morgan fingerprint density at radius 2 is 1.69 bits per heavy atom. The van der Waals surface area contributed by atoms with Crippen LogP contribution in [0.2, 0.25) is 5.02 Å². The number of nitrogens with one attached hydrogen (secondary N) is 1. The Balaban J connectivity index is 1.49. The van der Waals surface area contributed by atoms with E-state index in [1.54, 1.807) is 0 Å². The number of amides is 1. The van der Waals surface area contributed by atoms with Gasteiger partial charge in [0.25, 0.3) is 5.91 Å². The van der Waals surface area contributed by atoms with Crippen LogP contribution in [0.4, 0.5) is 5.69 Å². The minimum atomic E-state index is -0.518. The van der Waals surface area contributed by atoms with Crippen LogP contribution in [0, 0.1) is 11.3 Å². The van der Waals surface area contributed by atoms with Crippen LogP contribution in [-0.4, -0.2) is 23.5 Å². The van der Waals surface area contributed by atoms with Crippen LogP contribution in [0.3, 0.4) is 0 Å². The lowest BCUT2D eigenvalue weighted by Gasteiger charge is -2.36. The van der Waals surface area contributed by atoms with E-state index in [1.807, 2.05) is 72.8 Å². The number of carbonyl (C=O) groups excluding carboxylic acids is 2. The Labute approximate surface area is 253 Å². The zero-order valence-corrected chi connectivity index (χ0v) is 25.6. The molecule has 1 unspecified atom stereocenters. The summed E-state index contributed by atoms with van der Waals surface area (Å²) in [5.74, 6) is -0.231. The number of aromatic nitrogens is 1. The molecule has 4 aromatic rings. The van der Waals surface area contributed by atoms with E-state index in [1.165, 1.54) is 5.56 Å². The van der Waals surface area contributed by atoms with Crippen LogP contribution in [0.25, 0.3) is 22.6 Å². The number of para-hydroxylation sites is 1. The van der Waals surface area contributed by atoms with Gasteiger partial charge in [-0.05, 0) is 88.8 Å². The van der Waals surface area contributed by atoms with E-state index in [9.17, 15) is 9.59 Å². The molecule has 1 aliphatic rings. The van der Waals surface area contributed by atoms with Crippen LogP contribution in [0.15, 0.2) is 72.8 Å². The molecule has 0 bridgehead atoms. The summed E-state index contributed by atoms with van der Waals surface area (Å²) < 4.78 is 5.67. The van der Waals surface area contributed by atoms with Crippen molar-refractivity contribution in [3.63, 3.8) is 0 Å². The quantitative estimate of drug-likeness (QED) is 0.231. The summed E-state index contributed by atoms with van der Waals surface area (Å²) in [5, 5.41) is 4.24. The summed E-state index contributed by atoms with van der Waals surface area (Å²) in [4.78, 5) is 31.6. The molecule has 0 radical (unpaired) electrons. The lowest BCUT2D eigenvalue weighted by atomic mass is 9.69. The van der Waals surface area contributed by atoms with Crippen LogP contribution in [0.1, 0.15) is 79.7 Å². The molecule has 0 aliphatic heterocycles. The fraction of sp³-hybridized carbons (Fsp3) is 0.306. The number of halogens is 1. The second kappa shape index (κ2) is 12.1. The maximum atomic E-state index is 13.8. The first-order valence-electron chi connectivity index (χ1n) is 14.4. The van der Waals surface area contributed by atoms with Gasteiger partial charge in [-0.15, -0.1) is 0 Å². The van der Waals surface area contributed by atoms with Gasteiger partial charge in [0, 0.05) is 16.1 Å². The Kier molecular flexibility index (Phi) is 8.51. The number of pyridine rings is 1. The van der Waals surface area contributed by atoms with Gasteiger partial charge in [0.1, 0.15) is 0 Å². The third kappa shape index (κ3) is 6.57. The molecule has 216 valence electrons. The summed E-state index contributed by atoms with van der Waals surface area (Å²) in [5.41, 5.74) is 6.82. The lowest BCUT2D eigenvalue weighted by molar-refractivity contribution is -0.119. The number of carbonyl (C=O) groups is 2. The molecule has 6 heteroatoms. The minimum Gasteiger partial charge on any atom is -0.452 e. The van der Waals surface area contributed by atoms with Gasteiger partial charge < -0.3 is 10.1 Å². The zero-order valence-electron chi connectivity index (χ0n) is 24.8. The van der Waals surface area contributed by atoms with E-state index in [0.29, 0.717) is 34.1 Å². The fourth-order valence-corrected chi connectivity index (χ4v) is 5.61. The van der Waals surface area contributed by atoms with Crippen molar-refractivity contribution in [2.75, 3.05) is 11.9 Å². The standard InChI is InChI=1S/C36H37ClN2O3/c1-22(2)24-12-16-28(17-13-24)38-32(40)21-42-35(41)33-29-8-6-7-9-31(29)39-34-25(18-23-10-14-27(37)15-11-23)19-26(20-30(33)34)36(3,4)5/h6-18,22,26H,19-21H2,1-5H3,(H,38,40). The summed E-state index contributed by atoms with van der Waals surface area (Å²) >= 11 is 6.14. The van der Waals surface area contributed by atoms with Crippen molar-refractivity contribution in [1.82, 2.24) is 4.98 Å². The predicted octanol–water partition coefficient (Wildman–Crippen LogP) is 8.96. The zero-order chi connectivity index (χ0) is 30.0. The third-order valence-corrected chi connectivity index (χ3v) is 8.30. The van der Waals surface area contributed by atoms with Crippen molar-refractivity contribution in [1.29, 1.82) is 0 Å². The smallest absolute Gasteiger partial charge is 0.339 e. The number of hydrogen-bond acceptors (Lipinski definition) is 4. The minimum absolute atomic E-state index is 0.00536. The van der Waals surface area contributed by atoms with Gasteiger partial charge in [-0.2, -0.15) is 0 Å². The highest BCUT2D eigenvalue weighted by atomic mass is 35.5. The molecule has 5 rings (SSSR count). The molecule has 1 N–H and O–H groups in total. The molecule has 42 heavy (non-hydrogen) atoms. The normalized spacial score (nSPS) is 16.0. The van der Waals surface area contributed by atoms with Crippen molar-refractivity contribution in [2.24, 2.45) is 11.3 Å². The van der Waals surface area contributed by atoms with E-state index < -0.39 is 5.97 Å². The topological polar surface area (TPSA) is 68.3 Å². The third-order valence-electron chi connectivity index (χ3n) is 8.05. The predicted molar refractivity (Wildman–Crippen MR) is 172 cm³/mol. The van der Waals surface area contributed by atoms with E-state index in [0.717, 1.165) is 34.2 Å². The summed E-state index contributed by atoms with van der Waals surface area (Å²) in [6.07, 6.45) is 3.66. The fourth-order valence-electron chi connectivity index (χ4n) is 5.48. The first-order valence-corrected chi connectivity index (χ1v) is 14.8. The van der Waals surface area contributed by atoms with Crippen LogP contribution < -0.4 is 5.32 Å². The molecule has 1 aromatic heterocycles. The highest BCUT2D eigenvalue weighted by Gasteiger charge is 2.35. The van der Waals surface area contributed by atoms with Crippen molar-refractivity contribution in [3.8, 4) is 0 Å². The SMILES string of the molecule is CC(C)c1ccc(NC(=O)COC(=O)c2c3c(nc4ccccc24)C(=Cc2ccc(Cl)cc2)CC(C(C)(C)C)C3)cc1. The number of hydrogen-bond donors (Lipinski definition) is 1. The molecule has 0 saturated heterocycles. The molecule has 1 aliphatic carbocycles. The number of esters is 1. The number of nitrogens with zero attached hydrogens (tertiary/aromatic N) is 1. The number of ether oxygens (including phenoxy) is 1. The largest absolute Gasteiger partial charge is 0.452 e. The number of benzene rings is 3. The summed E-state index contributed by atoms with van der Waals surface area (Å²) in [7, 11) is 0. The van der Waals surface area contributed by atoms with Gasteiger partial charge in [0.05, 0.1) is 16.8 Å². The molecule has 0 saturated carbocycles. The molecule has 1 amide bonds. The van der Waals surface area contributed by atoms with Crippen molar-refractivity contribution >= 4 is 51.7 Å². The van der Waals surface area contributed by atoms with E-state index in [4.69, 9.17) is 21.3 Å². The Morgan fingerprint density at radius 1 is 1.00 bits per heavy atom. The first-order chi connectivity index (χ1) is 20.0. The van der Waals surface area contributed by atoms with Gasteiger partial charge in [-0.25, -0.2) is 9.78 Å². The highest BCUT2D eigenvalue weighted by molar-refractivity contribution is 6.30. The maximum Gasteiger partial charge on any atom is 0.339 e. The van der Waals surface area contributed by atoms with Gasteiger partial charge in [-0.3, -0.25) is 4.79 Å². The second-order valence-electron chi connectivity index (χ2n) is 12.4. The molecule has 3 aromatic carbocycles. The van der Waals surface area contributed by atoms with Crippen LogP contribution >= 0.6 is 11.6 Å². The molecule has 0 spiro atoms. The van der Waals surface area contributed by atoms with Crippen molar-refractivity contribution < 1.29 is 14.3 Å². The number of allylic oxidation sites excluding steroid dienone is 1. The van der Waals surface area contributed by atoms with Crippen LogP contribution in [0.5, 0.6) is 0 Å². The Hall–Kier alpha value is -3.96. The lowest BCUT2D eigenvalue weighted by Crippen LogP contribution is -2.29. The monoisotopic (exact) mass is 580 g/mol. The first kappa shape index (κ1) is 29.5. The van der Waals surface area contributed by atoms with Gasteiger partial charge in [0.15, 0.2) is 6.61 Å². The highest BCUT2D eigenvalue weighted by Crippen LogP contribution is 2.45. The Bertz CT molecular complexity index is 1650. The summed E-state index contributed by atoms with van der Waals surface area (Å²) in [6, 6.07) is 23.1. The molecular formula is C36H37ClN2O3. The van der Waals surface area contributed by atoms with E-state index in [2.05, 4.69) is 46.0 Å². The Morgan fingerprint density at radius 3 is 2.36 bits per heavy atom. The number of fused-ring (bicyclic) bond motifs is 2. The average molecular weight is 581 g/mol. The molecule has 5 nitrogen and oxygen atoms in total. The number of anilines is 1. The molecule has 0 fully saturated rings. The van der Waals surface area contributed by atoms with E-state index >= 15 is 0 Å². The average Bonchev–Trinajstić information content (AvgIpc) is 2.95. The van der Waals surface area contributed by atoms with Gasteiger partial charge in [0.2, 0.25) is 0 Å². The number of rotatable bonds is 6. The van der Waals surface area contributed by atoms with Gasteiger partial charge >= 0.3 is 5.97 Å². The maximum absolute atomic E-state index is 13.8. The van der Waals surface area contributed by atoms with E-state index in [-0.39, 0.29) is 23.8 Å². The van der Waals surface area contributed by atoms with Crippen LogP contribution in [-0.2, 0) is 16.0 Å². The van der Waals surface area contributed by atoms with Crippen molar-refractivity contribution in [2.45, 2.75) is 53.4 Å².